The number of aliphatic hydroxyl groups excluding tert-OH is 1. The molecule has 0 amide bonds. The molecule has 0 radical (unpaired) electrons. The SMILES string of the molecule is CNCC(CO)CCOC. The fourth-order valence-corrected chi connectivity index (χ4v) is 0.831. The Morgan fingerprint density at radius 2 is 2.30 bits per heavy atom. The van der Waals surface area contributed by atoms with E-state index in [1.165, 1.54) is 0 Å². The molecule has 0 aromatic rings. The van der Waals surface area contributed by atoms with Crippen LogP contribution in [0.4, 0.5) is 0 Å². The van der Waals surface area contributed by atoms with Crippen molar-refractivity contribution in [2.24, 2.45) is 5.92 Å². The molecule has 0 heterocycles. The van der Waals surface area contributed by atoms with Gasteiger partial charge in [0.15, 0.2) is 0 Å². The highest BCUT2D eigenvalue weighted by Gasteiger charge is 2.04. The number of nitrogens with one attached hydrogen (secondary N) is 1. The summed E-state index contributed by atoms with van der Waals surface area (Å²) in [4.78, 5) is 0. The van der Waals surface area contributed by atoms with Gasteiger partial charge in [-0.3, -0.25) is 0 Å². The summed E-state index contributed by atoms with van der Waals surface area (Å²) in [6, 6.07) is 0. The summed E-state index contributed by atoms with van der Waals surface area (Å²) in [7, 11) is 3.56. The van der Waals surface area contributed by atoms with Crippen molar-refractivity contribution in [1.29, 1.82) is 0 Å². The highest BCUT2D eigenvalue weighted by Crippen LogP contribution is 1.99. The average Bonchev–Trinajstić information content (AvgIpc) is 1.98. The molecule has 0 aromatic heterocycles. The summed E-state index contributed by atoms with van der Waals surface area (Å²) in [5.41, 5.74) is 0. The Labute approximate surface area is 62.4 Å². The van der Waals surface area contributed by atoms with Gasteiger partial charge in [-0.1, -0.05) is 0 Å². The molecule has 0 rings (SSSR count). The topological polar surface area (TPSA) is 41.5 Å². The number of ether oxygens (including phenoxy) is 1. The van der Waals surface area contributed by atoms with Crippen molar-refractivity contribution in [3.63, 3.8) is 0 Å². The van der Waals surface area contributed by atoms with Crippen LogP contribution in [0.25, 0.3) is 0 Å². The van der Waals surface area contributed by atoms with Crippen LogP contribution in [0.15, 0.2) is 0 Å². The standard InChI is InChI=1S/C7H17NO2/c1-8-5-7(6-9)3-4-10-2/h7-9H,3-6H2,1-2H3. The van der Waals surface area contributed by atoms with E-state index in [1.54, 1.807) is 7.11 Å². The molecular weight excluding hydrogens is 130 g/mol. The normalized spacial score (nSPS) is 13.5. The first kappa shape index (κ1) is 9.88. The maximum Gasteiger partial charge on any atom is 0.0472 e. The third-order valence-corrected chi connectivity index (χ3v) is 1.48. The molecule has 3 heteroatoms. The monoisotopic (exact) mass is 147 g/mol. The van der Waals surface area contributed by atoms with E-state index in [0.717, 1.165) is 19.6 Å². The lowest BCUT2D eigenvalue weighted by Gasteiger charge is -2.11. The summed E-state index contributed by atoms with van der Waals surface area (Å²) in [6.07, 6.45) is 0.924. The molecule has 0 bridgehead atoms. The van der Waals surface area contributed by atoms with E-state index in [2.05, 4.69) is 5.32 Å². The van der Waals surface area contributed by atoms with E-state index in [9.17, 15) is 0 Å². The van der Waals surface area contributed by atoms with Crippen LogP contribution in [0.3, 0.4) is 0 Å². The van der Waals surface area contributed by atoms with Crippen molar-refractivity contribution in [1.82, 2.24) is 5.32 Å². The Morgan fingerprint density at radius 1 is 1.60 bits per heavy atom. The quantitative estimate of drug-likeness (QED) is 0.549. The minimum absolute atomic E-state index is 0.240. The van der Waals surface area contributed by atoms with Crippen LogP contribution in [0.5, 0.6) is 0 Å². The maximum atomic E-state index is 8.79. The van der Waals surface area contributed by atoms with Gasteiger partial charge in [-0.15, -0.1) is 0 Å². The molecule has 0 saturated carbocycles. The first-order valence-corrected chi connectivity index (χ1v) is 3.59. The molecule has 1 unspecified atom stereocenters. The van der Waals surface area contributed by atoms with Crippen molar-refractivity contribution in [2.75, 3.05) is 33.9 Å². The number of hydrogen-bond donors (Lipinski definition) is 2. The second-order valence-electron chi connectivity index (χ2n) is 2.39. The number of rotatable bonds is 6. The van der Waals surface area contributed by atoms with Gasteiger partial charge in [0.2, 0.25) is 0 Å². The molecule has 3 nitrogen and oxygen atoms in total. The molecule has 2 N–H and O–H groups in total. The molecule has 62 valence electrons. The third kappa shape index (κ3) is 4.73. The highest BCUT2D eigenvalue weighted by molar-refractivity contribution is 4.58. The molecule has 1 atom stereocenters. The van der Waals surface area contributed by atoms with E-state index in [1.807, 2.05) is 7.05 Å². The fraction of sp³-hybridized carbons (Fsp3) is 1.00. The van der Waals surface area contributed by atoms with Gasteiger partial charge in [0, 0.05) is 20.3 Å². The Bertz CT molecular complexity index is 68.6. The van der Waals surface area contributed by atoms with Gasteiger partial charge in [0.25, 0.3) is 0 Å². The maximum absolute atomic E-state index is 8.79. The molecule has 10 heavy (non-hydrogen) atoms. The van der Waals surface area contributed by atoms with Crippen molar-refractivity contribution >= 4 is 0 Å². The fourth-order valence-electron chi connectivity index (χ4n) is 0.831. The summed E-state index contributed by atoms with van der Waals surface area (Å²) in [5, 5.41) is 11.8. The van der Waals surface area contributed by atoms with Crippen molar-refractivity contribution in [3.05, 3.63) is 0 Å². The number of hydrogen-bond acceptors (Lipinski definition) is 3. The Balaban J connectivity index is 3.21. The van der Waals surface area contributed by atoms with Gasteiger partial charge < -0.3 is 15.2 Å². The Morgan fingerprint density at radius 3 is 2.70 bits per heavy atom. The van der Waals surface area contributed by atoms with E-state index < -0.39 is 0 Å². The molecule has 0 aliphatic rings. The minimum Gasteiger partial charge on any atom is -0.396 e. The molecule has 0 fully saturated rings. The average molecular weight is 147 g/mol. The largest absolute Gasteiger partial charge is 0.396 e. The van der Waals surface area contributed by atoms with Gasteiger partial charge in [-0.25, -0.2) is 0 Å². The van der Waals surface area contributed by atoms with Crippen molar-refractivity contribution in [3.8, 4) is 0 Å². The van der Waals surface area contributed by atoms with E-state index >= 15 is 0 Å². The van der Waals surface area contributed by atoms with Crippen LogP contribution in [0.1, 0.15) is 6.42 Å². The van der Waals surface area contributed by atoms with Gasteiger partial charge in [0.1, 0.15) is 0 Å². The lowest BCUT2D eigenvalue weighted by molar-refractivity contribution is 0.147. The highest BCUT2D eigenvalue weighted by atomic mass is 16.5. The van der Waals surface area contributed by atoms with Crippen LogP contribution in [0, 0.1) is 5.92 Å². The van der Waals surface area contributed by atoms with Crippen molar-refractivity contribution in [2.45, 2.75) is 6.42 Å². The van der Waals surface area contributed by atoms with Crippen LogP contribution < -0.4 is 5.32 Å². The van der Waals surface area contributed by atoms with Gasteiger partial charge in [0.05, 0.1) is 0 Å². The minimum atomic E-state index is 0.240. The lowest BCUT2D eigenvalue weighted by Crippen LogP contribution is -2.22. The van der Waals surface area contributed by atoms with Crippen LogP contribution >= 0.6 is 0 Å². The van der Waals surface area contributed by atoms with Gasteiger partial charge in [-0.05, 0) is 25.9 Å². The molecule has 0 saturated heterocycles. The van der Waals surface area contributed by atoms with E-state index in [0.29, 0.717) is 5.92 Å². The molecular formula is C7H17NO2. The molecule has 0 aromatic carbocycles. The van der Waals surface area contributed by atoms with Crippen LogP contribution in [-0.2, 0) is 4.74 Å². The second kappa shape index (κ2) is 6.99. The van der Waals surface area contributed by atoms with Crippen LogP contribution in [-0.4, -0.2) is 39.0 Å². The smallest absolute Gasteiger partial charge is 0.0472 e. The number of methoxy groups -OCH3 is 1. The zero-order chi connectivity index (χ0) is 7.82. The Hall–Kier alpha value is -0.120. The zero-order valence-corrected chi connectivity index (χ0v) is 6.76. The molecule has 0 spiro atoms. The van der Waals surface area contributed by atoms with Crippen LogP contribution in [0.2, 0.25) is 0 Å². The predicted octanol–water partition coefficient (Wildman–Crippen LogP) is -0.149. The summed E-state index contributed by atoms with van der Waals surface area (Å²) in [5.74, 6) is 0.338. The first-order chi connectivity index (χ1) is 4.85. The summed E-state index contributed by atoms with van der Waals surface area (Å²) < 4.78 is 4.88. The second-order valence-corrected chi connectivity index (χ2v) is 2.39. The van der Waals surface area contributed by atoms with E-state index in [4.69, 9.17) is 9.84 Å². The van der Waals surface area contributed by atoms with Gasteiger partial charge in [-0.2, -0.15) is 0 Å². The van der Waals surface area contributed by atoms with E-state index in [-0.39, 0.29) is 6.61 Å². The van der Waals surface area contributed by atoms with Gasteiger partial charge >= 0.3 is 0 Å². The third-order valence-electron chi connectivity index (χ3n) is 1.48. The molecule has 0 aliphatic carbocycles. The summed E-state index contributed by atoms with van der Waals surface area (Å²) >= 11 is 0. The summed E-state index contributed by atoms with van der Waals surface area (Å²) in [6.45, 7) is 1.83. The zero-order valence-electron chi connectivity index (χ0n) is 6.76. The molecule has 0 aliphatic heterocycles. The predicted molar refractivity (Wildman–Crippen MR) is 41.0 cm³/mol. The lowest BCUT2D eigenvalue weighted by atomic mass is 10.1. The Kier molecular flexibility index (Phi) is 6.91. The first-order valence-electron chi connectivity index (χ1n) is 3.59. The number of aliphatic hydroxyl groups is 1. The van der Waals surface area contributed by atoms with Crippen molar-refractivity contribution < 1.29 is 9.84 Å².